The van der Waals surface area contributed by atoms with Crippen LogP contribution in [-0.2, 0) is 25.6 Å². The van der Waals surface area contributed by atoms with Gasteiger partial charge in [-0.25, -0.2) is 9.78 Å². The lowest BCUT2D eigenvalue weighted by molar-refractivity contribution is 0.0240. The van der Waals surface area contributed by atoms with Crippen molar-refractivity contribution in [1.29, 1.82) is 0 Å². The number of aromatic nitrogens is 3. The van der Waals surface area contributed by atoms with Crippen LogP contribution in [0.5, 0.6) is 11.8 Å². The summed E-state index contributed by atoms with van der Waals surface area (Å²) in [5.74, 6) is 1.09. The molecule has 0 N–H and O–H groups in total. The van der Waals surface area contributed by atoms with Crippen LogP contribution in [0.2, 0.25) is 10.0 Å². The lowest BCUT2D eigenvalue weighted by atomic mass is 10.1. The minimum atomic E-state index is -3.70. The molecular weight excluding hydrogens is 581 g/mol. The maximum Gasteiger partial charge on any atom is 0.410 e. The second kappa shape index (κ2) is 12.1. The van der Waals surface area contributed by atoms with Gasteiger partial charge in [-0.05, 0) is 57.2 Å². The molecule has 0 radical (unpaired) electrons. The van der Waals surface area contributed by atoms with Gasteiger partial charge in [-0.15, -0.1) is 0 Å². The van der Waals surface area contributed by atoms with E-state index >= 15 is 0 Å². The fourth-order valence-corrected chi connectivity index (χ4v) is 4.64. The second-order valence-corrected chi connectivity index (χ2v) is 12.6. The van der Waals surface area contributed by atoms with Crippen molar-refractivity contribution < 1.29 is 26.9 Å². The minimum absolute atomic E-state index is 0.0405. The van der Waals surface area contributed by atoms with E-state index in [1.165, 1.54) is 6.20 Å². The molecule has 40 heavy (non-hydrogen) atoms. The Balaban J connectivity index is 1.48. The molecule has 1 fully saturated rings. The first-order chi connectivity index (χ1) is 18.7. The van der Waals surface area contributed by atoms with Gasteiger partial charge in [-0.2, -0.15) is 18.4 Å². The maximum absolute atomic E-state index is 12.3. The first kappa shape index (κ1) is 29.8. The molecule has 214 valence electrons. The highest BCUT2D eigenvalue weighted by atomic mass is 35.5. The van der Waals surface area contributed by atoms with Crippen molar-refractivity contribution >= 4 is 45.2 Å². The van der Waals surface area contributed by atoms with Crippen LogP contribution in [0.25, 0.3) is 11.3 Å². The molecule has 14 heteroatoms. The van der Waals surface area contributed by atoms with Gasteiger partial charge in [-0.1, -0.05) is 23.2 Å². The number of hydrogen-bond donors (Lipinski definition) is 0. The molecule has 0 saturated carbocycles. The molecule has 1 aliphatic rings. The summed E-state index contributed by atoms with van der Waals surface area (Å²) in [6.07, 6.45) is 2.16. The minimum Gasteiger partial charge on any atom is -0.444 e. The number of pyridine rings is 1. The molecule has 0 atom stereocenters. The number of amides is 1. The summed E-state index contributed by atoms with van der Waals surface area (Å²) in [7, 11) is -3.70. The molecule has 3 heterocycles. The van der Waals surface area contributed by atoms with Gasteiger partial charge in [0.05, 0.1) is 23.8 Å². The van der Waals surface area contributed by atoms with Crippen LogP contribution >= 0.6 is 23.2 Å². The topological polar surface area (TPSA) is 124 Å². The third-order valence-corrected chi connectivity index (χ3v) is 6.51. The van der Waals surface area contributed by atoms with Crippen molar-refractivity contribution in [2.45, 2.75) is 33.0 Å². The Morgan fingerprint density at radius 2 is 1.68 bits per heavy atom. The van der Waals surface area contributed by atoms with Crippen molar-refractivity contribution in [1.82, 2.24) is 19.9 Å². The van der Waals surface area contributed by atoms with Crippen molar-refractivity contribution in [3.63, 3.8) is 0 Å². The lowest BCUT2D eigenvalue weighted by Crippen LogP contribution is -2.50. The summed E-state index contributed by atoms with van der Waals surface area (Å²) < 4.78 is 39.3. The summed E-state index contributed by atoms with van der Waals surface area (Å²) in [6, 6.07) is 9.97. The molecule has 2 aromatic heterocycles. The van der Waals surface area contributed by atoms with Crippen molar-refractivity contribution in [3.8, 4) is 23.0 Å². The molecule has 1 aliphatic heterocycles. The zero-order chi connectivity index (χ0) is 29.1. The van der Waals surface area contributed by atoms with Gasteiger partial charge in [0.2, 0.25) is 0 Å². The molecule has 11 nitrogen and oxygen atoms in total. The summed E-state index contributed by atoms with van der Waals surface area (Å²) >= 11 is 12.3. The highest BCUT2D eigenvalue weighted by Gasteiger charge is 2.26. The zero-order valence-electron chi connectivity index (χ0n) is 22.4. The Kier molecular flexibility index (Phi) is 9.03. The Hall–Kier alpha value is -3.19. The van der Waals surface area contributed by atoms with E-state index in [2.05, 4.69) is 19.9 Å². The average molecular weight is 611 g/mol. The van der Waals surface area contributed by atoms with Crippen LogP contribution in [0.1, 0.15) is 26.5 Å². The number of benzene rings is 1. The van der Waals surface area contributed by atoms with E-state index in [-0.39, 0.29) is 24.4 Å². The van der Waals surface area contributed by atoms with E-state index in [0.717, 1.165) is 12.1 Å². The van der Waals surface area contributed by atoms with Crippen LogP contribution in [-0.4, -0.2) is 72.4 Å². The standard InChI is InChI=1S/C26H29Cl2N5O6S/c1-26(2,3)39-25(34)33-9-7-32(8-10-33)23-6-5-21(15-29-23)38-24-30-20(16-37-40(4,35)36)14-22(31-24)17-11-18(27)13-19(28)12-17/h5-6,11-15H,7-10,16H2,1-4H3. The van der Waals surface area contributed by atoms with Crippen LogP contribution in [0.15, 0.2) is 42.6 Å². The largest absolute Gasteiger partial charge is 0.444 e. The maximum atomic E-state index is 12.3. The number of piperazine rings is 1. The third kappa shape index (κ3) is 8.65. The van der Waals surface area contributed by atoms with E-state index in [9.17, 15) is 13.2 Å². The normalized spacial score (nSPS) is 14.2. The van der Waals surface area contributed by atoms with Crippen LogP contribution in [0.3, 0.4) is 0 Å². The van der Waals surface area contributed by atoms with Gasteiger partial charge in [0.25, 0.3) is 10.1 Å². The SMILES string of the molecule is CC(C)(C)OC(=O)N1CCN(c2ccc(Oc3nc(COS(C)(=O)=O)cc(-c4cc(Cl)cc(Cl)c4)n3)cn2)CC1. The Labute approximate surface area is 243 Å². The number of anilines is 1. The number of carbonyl (C=O) groups is 1. The predicted molar refractivity (Wildman–Crippen MR) is 151 cm³/mol. The van der Waals surface area contributed by atoms with Gasteiger partial charge in [-0.3, -0.25) is 4.18 Å². The Morgan fingerprint density at radius 1 is 1.00 bits per heavy atom. The first-order valence-corrected chi connectivity index (χ1v) is 14.9. The van der Waals surface area contributed by atoms with Crippen LogP contribution in [0.4, 0.5) is 10.6 Å². The van der Waals surface area contributed by atoms with Gasteiger partial charge < -0.3 is 19.3 Å². The molecule has 0 unspecified atom stereocenters. The van der Waals surface area contributed by atoms with Gasteiger partial charge >= 0.3 is 12.1 Å². The van der Waals surface area contributed by atoms with Crippen molar-refractivity contribution in [3.05, 3.63) is 58.3 Å². The molecule has 1 aromatic carbocycles. The predicted octanol–water partition coefficient (Wildman–Crippen LogP) is 5.17. The molecule has 4 rings (SSSR count). The monoisotopic (exact) mass is 609 g/mol. The van der Waals surface area contributed by atoms with Crippen LogP contribution in [0, 0.1) is 0 Å². The fourth-order valence-electron chi connectivity index (χ4n) is 3.78. The summed E-state index contributed by atoms with van der Waals surface area (Å²) in [5, 5.41) is 0.813. The molecule has 3 aromatic rings. The third-order valence-electron chi connectivity index (χ3n) is 5.52. The van der Waals surface area contributed by atoms with Gasteiger partial charge in [0.1, 0.15) is 23.8 Å². The molecule has 1 amide bonds. The van der Waals surface area contributed by atoms with E-state index in [0.29, 0.717) is 53.2 Å². The van der Waals surface area contributed by atoms with Crippen LogP contribution < -0.4 is 9.64 Å². The summed E-state index contributed by atoms with van der Waals surface area (Å²) in [4.78, 5) is 29.3. The molecular formula is C26H29Cl2N5O6S. The lowest BCUT2D eigenvalue weighted by Gasteiger charge is -2.36. The number of carbonyl (C=O) groups excluding carboxylic acids is 1. The fraction of sp³-hybridized carbons (Fsp3) is 0.385. The van der Waals surface area contributed by atoms with E-state index in [1.54, 1.807) is 41.3 Å². The highest BCUT2D eigenvalue weighted by molar-refractivity contribution is 7.85. The first-order valence-electron chi connectivity index (χ1n) is 12.3. The molecule has 0 aliphatic carbocycles. The number of hydrogen-bond acceptors (Lipinski definition) is 10. The highest BCUT2D eigenvalue weighted by Crippen LogP contribution is 2.29. The number of ether oxygens (including phenoxy) is 2. The number of nitrogens with zero attached hydrogens (tertiary/aromatic N) is 5. The number of rotatable bonds is 7. The summed E-state index contributed by atoms with van der Waals surface area (Å²) in [5.41, 5.74) is 0.726. The molecule has 1 saturated heterocycles. The van der Waals surface area contributed by atoms with Crippen molar-refractivity contribution in [2.75, 3.05) is 37.3 Å². The quantitative estimate of drug-likeness (QED) is 0.331. The Bertz CT molecular complexity index is 1450. The smallest absolute Gasteiger partial charge is 0.410 e. The van der Waals surface area contributed by atoms with E-state index < -0.39 is 15.7 Å². The van der Waals surface area contributed by atoms with E-state index in [1.807, 2.05) is 20.8 Å². The Morgan fingerprint density at radius 3 is 2.25 bits per heavy atom. The van der Waals surface area contributed by atoms with Gasteiger partial charge in [0, 0.05) is 41.8 Å². The van der Waals surface area contributed by atoms with E-state index in [4.69, 9.17) is 36.9 Å². The van der Waals surface area contributed by atoms with Crippen molar-refractivity contribution in [2.24, 2.45) is 0 Å². The second-order valence-electron chi connectivity index (χ2n) is 10.1. The molecule has 0 bridgehead atoms. The molecule has 0 spiro atoms. The zero-order valence-corrected chi connectivity index (χ0v) is 24.8. The summed E-state index contributed by atoms with van der Waals surface area (Å²) in [6.45, 7) is 7.44. The van der Waals surface area contributed by atoms with Gasteiger partial charge in [0.15, 0.2) is 0 Å². The number of halogens is 2. The average Bonchev–Trinajstić information content (AvgIpc) is 2.86.